The summed E-state index contributed by atoms with van der Waals surface area (Å²) in [6.07, 6.45) is 4.82. The van der Waals surface area contributed by atoms with Crippen molar-refractivity contribution in [1.82, 2.24) is 14.5 Å². The molecule has 0 aromatic carbocycles. The molecule has 0 unspecified atom stereocenters. The van der Waals surface area contributed by atoms with E-state index in [0.29, 0.717) is 6.54 Å². The van der Waals surface area contributed by atoms with Crippen LogP contribution in [0.3, 0.4) is 0 Å². The average Bonchev–Trinajstić information content (AvgIpc) is 2.30. The quantitative estimate of drug-likeness (QED) is 0.787. The first kappa shape index (κ1) is 12.1. The van der Waals surface area contributed by atoms with Gasteiger partial charge in [0.05, 0.1) is 12.9 Å². The highest BCUT2D eigenvalue weighted by Crippen LogP contribution is 2.13. The zero-order valence-electron chi connectivity index (χ0n) is 9.02. The van der Waals surface area contributed by atoms with Crippen molar-refractivity contribution in [3.05, 3.63) is 56.4 Å². The highest BCUT2D eigenvalue weighted by molar-refractivity contribution is 6.40. The molecule has 2 rings (SSSR count). The lowest BCUT2D eigenvalue weighted by Gasteiger charge is -2.06. The van der Waals surface area contributed by atoms with Gasteiger partial charge < -0.3 is 0 Å². The molecular weight excluding hydrogens is 261 g/mol. The summed E-state index contributed by atoms with van der Waals surface area (Å²) in [5, 5.41) is -0.0370. The molecule has 0 aliphatic heterocycles. The van der Waals surface area contributed by atoms with E-state index in [1.807, 2.05) is 13.0 Å². The van der Waals surface area contributed by atoms with Crippen molar-refractivity contribution in [1.29, 1.82) is 0 Å². The van der Waals surface area contributed by atoms with Gasteiger partial charge in [0.15, 0.2) is 5.15 Å². The van der Waals surface area contributed by atoms with Gasteiger partial charge in [0.1, 0.15) is 5.02 Å². The number of aryl methyl sites for hydroxylation is 1. The van der Waals surface area contributed by atoms with Gasteiger partial charge in [0, 0.05) is 12.4 Å². The van der Waals surface area contributed by atoms with E-state index in [-0.39, 0.29) is 15.7 Å². The number of aromatic nitrogens is 3. The second kappa shape index (κ2) is 4.85. The summed E-state index contributed by atoms with van der Waals surface area (Å²) in [6, 6.07) is 1.95. The van der Waals surface area contributed by atoms with Crippen LogP contribution in [0, 0.1) is 6.92 Å². The van der Waals surface area contributed by atoms with E-state index in [4.69, 9.17) is 23.2 Å². The Morgan fingerprint density at radius 1 is 1.35 bits per heavy atom. The van der Waals surface area contributed by atoms with E-state index < -0.39 is 0 Å². The van der Waals surface area contributed by atoms with Gasteiger partial charge in [0.25, 0.3) is 5.56 Å². The number of pyridine rings is 1. The van der Waals surface area contributed by atoms with E-state index in [1.165, 1.54) is 10.9 Å². The summed E-state index contributed by atoms with van der Waals surface area (Å²) in [4.78, 5) is 19.7. The van der Waals surface area contributed by atoms with Gasteiger partial charge in [0.2, 0.25) is 0 Å². The zero-order chi connectivity index (χ0) is 12.4. The number of hydrogen-bond acceptors (Lipinski definition) is 3. The van der Waals surface area contributed by atoms with Gasteiger partial charge in [-0.3, -0.25) is 14.3 Å². The van der Waals surface area contributed by atoms with Crippen LogP contribution in [0.4, 0.5) is 0 Å². The monoisotopic (exact) mass is 269 g/mol. The second-order valence-electron chi connectivity index (χ2n) is 3.65. The van der Waals surface area contributed by atoms with E-state index >= 15 is 0 Å². The predicted molar refractivity (Wildman–Crippen MR) is 66.6 cm³/mol. The van der Waals surface area contributed by atoms with Crippen LogP contribution in [0.2, 0.25) is 10.2 Å². The van der Waals surface area contributed by atoms with Gasteiger partial charge in [-0.1, -0.05) is 29.3 Å². The summed E-state index contributed by atoms with van der Waals surface area (Å²) in [7, 11) is 0. The van der Waals surface area contributed by atoms with Crippen LogP contribution in [-0.2, 0) is 6.54 Å². The predicted octanol–water partition coefficient (Wildman–Crippen LogP) is 2.30. The minimum atomic E-state index is -0.354. The van der Waals surface area contributed by atoms with Crippen molar-refractivity contribution in [3.63, 3.8) is 0 Å². The summed E-state index contributed by atoms with van der Waals surface area (Å²) in [5.41, 5.74) is 1.59. The lowest BCUT2D eigenvalue weighted by Crippen LogP contribution is -2.21. The molecule has 2 aromatic rings. The molecular formula is C11H9Cl2N3O. The fraction of sp³-hybridized carbons (Fsp3) is 0.182. The van der Waals surface area contributed by atoms with Crippen LogP contribution >= 0.6 is 23.2 Å². The van der Waals surface area contributed by atoms with Crippen LogP contribution in [-0.4, -0.2) is 14.5 Å². The van der Waals surface area contributed by atoms with Gasteiger partial charge in [-0.15, -0.1) is 0 Å². The highest BCUT2D eigenvalue weighted by atomic mass is 35.5. The molecule has 0 saturated carbocycles. The molecule has 0 aliphatic rings. The Balaban J connectivity index is 2.37. The Kier molecular flexibility index (Phi) is 3.45. The fourth-order valence-corrected chi connectivity index (χ4v) is 1.74. The van der Waals surface area contributed by atoms with Crippen LogP contribution in [0.1, 0.15) is 11.1 Å². The number of halogens is 2. The molecule has 0 bridgehead atoms. The normalized spacial score (nSPS) is 10.5. The summed E-state index contributed by atoms with van der Waals surface area (Å²) in [5.74, 6) is 0. The second-order valence-corrected chi connectivity index (χ2v) is 4.39. The SMILES string of the molecule is Cc1cncc(Cn2cnc(Cl)c(Cl)c2=O)c1. The van der Waals surface area contributed by atoms with Crippen LogP contribution < -0.4 is 5.56 Å². The Bertz CT molecular complexity index is 610. The molecule has 0 amide bonds. The van der Waals surface area contributed by atoms with E-state index in [1.54, 1.807) is 12.4 Å². The van der Waals surface area contributed by atoms with Crippen LogP contribution in [0.5, 0.6) is 0 Å². The van der Waals surface area contributed by atoms with Crippen molar-refractivity contribution >= 4 is 23.2 Å². The van der Waals surface area contributed by atoms with Crippen LogP contribution in [0.25, 0.3) is 0 Å². The molecule has 0 N–H and O–H groups in total. The first-order chi connectivity index (χ1) is 8.08. The highest BCUT2D eigenvalue weighted by Gasteiger charge is 2.07. The third-order valence-electron chi connectivity index (χ3n) is 2.22. The van der Waals surface area contributed by atoms with Gasteiger partial charge in [-0.25, -0.2) is 4.98 Å². The van der Waals surface area contributed by atoms with Crippen molar-refractivity contribution in [2.75, 3.05) is 0 Å². The smallest absolute Gasteiger partial charge is 0.273 e. The molecule has 0 spiro atoms. The number of nitrogens with zero attached hydrogens (tertiary/aromatic N) is 3. The van der Waals surface area contributed by atoms with E-state index in [2.05, 4.69) is 9.97 Å². The summed E-state index contributed by atoms with van der Waals surface area (Å²) < 4.78 is 1.39. The maximum Gasteiger partial charge on any atom is 0.273 e. The van der Waals surface area contributed by atoms with E-state index in [9.17, 15) is 4.79 Å². The first-order valence-corrected chi connectivity index (χ1v) is 5.64. The average molecular weight is 270 g/mol. The lowest BCUT2D eigenvalue weighted by atomic mass is 10.2. The third-order valence-corrected chi connectivity index (χ3v) is 2.95. The largest absolute Gasteiger partial charge is 0.293 e. The molecule has 4 nitrogen and oxygen atoms in total. The molecule has 0 radical (unpaired) electrons. The molecule has 0 fully saturated rings. The standard InChI is InChI=1S/C11H9Cl2N3O/c1-7-2-8(4-14-3-7)5-16-6-15-10(13)9(12)11(16)17/h2-4,6H,5H2,1H3. The Morgan fingerprint density at radius 2 is 2.12 bits per heavy atom. The van der Waals surface area contributed by atoms with Crippen molar-refractivity contribution < 1.29 is 0 Å². The molecule has 0 saturated heterocycles. The summed E-state index contributed by atoms with van der Waals surface area (Å²) in [6.45, 7) is 2.31. The Labute approximate surface area is 108 Å². The first-order valence-electron chi connectivity index (χ1n) is 4.89. The number of hydrogen-bond donors (Lipinski definition) is 0. The van der Waals surface area contributed by atoms with Crippen molar-refractivity contribution in [3.8, 4) is 0 Å². The van der Waals surface area contributed by atoms with Crippen molar-refractivity contribution in [2.45, 2.75) is 13.5 Å². The fourth-order valence-electron chi connectivity index (χ4n) is 1.46. The molecule has 6 heteroatoms. The van der Waals surface area contributed by atoms with E-state index in [0.717, 1.165) is 11.1 Å². The summed E-state index contributed by atoms with van der Waals surface area (Å²) >= 11 is 11.4. The van der Waals surface area contributed by atoms with Crippen molar-refractivity contribution in [2.24, 2.45) is 0 Å². The van der Waals surface area contributed by atoms with Gasteiger partial charge in [-0.2, -0.15) is 0 Å². The molecule has 17 heavy (non-hydrogen) atoms. The Hall–Kier alpha value is -1.39. The van der Waals surface area contributed by atoms with Gasteiger partial charge >= 0.3 is 0 Å². The maximum atomic E-state index is 11.8. The minimum Gasteiger partial charge on any atom is -0.293 e. The third kappa shape index (κ3) is 2.65. The molecule has 0 aliphatic carbocycles. The maximum absolute atomic E-state index is 11.8. The van der Waals surface area contributed by atoms with Crippen LogP contribution in [0.15, 0.2) is 29.6 Å². The zero-order valence-corrected chi connectivity index (χ0v) is 10.5. The molecule has 0 atom stereocenters. The number of rotatable bonds is 2. The topological polar surface area (TPSA) is 47.8 Å². The van der Waals surface area contributed by atoms with Gasteiger partial charge in [-0.05, 0) is 18.1 Å². The Morgan fingerprint density at radius 3 is 2.82 bits per heavy atom. The lowest BCUT2D eigenvalue weighted by molar-refractivity contribution is 0.733. The molecule has 2 aromatic heterocycles. The minimum absolute atomic E-state index is 0.0234. The molecule has 2 heterocycles. The molecule has 88 valence electrons.